The molecule has 6 heteroatoms. The van der Waals surface area contributed by atoms with E-state index in [4.69, 9.17) is 5.11 Å². The summed E-state index contributed by atoms with van der Waals surface area (Å²) in [6.07, 6.45) is -1.23. The van der Waals surface area contributed by atoms with Gasteiger partial charge >= 0.3 is 5.97 Å². The van der Waals surface area contributed by atoms with Gasteiger partial charge in [-0.1, -0.05) is 36.4 Å². The number of aliphatic carboxylic acids is 1. The number of aliphatic hydroxyl groups excluding tert-OH is 1. The predicted molar refractivity (Wildman–Crippen MR) is 80.4 cm³/mol. The fourth-order valence-corrected chi connectivity index (χ4v) is 2.20. The first kappa shape index (κ1) is 15.7. The molecule has 0 aliphatic heterocycles. The summed E-state index contributed by atoms with van der Waals surface area (Å²) in [5.41, 5.74) is 1.39. The Morgan fingerprint density at radius 2 is 1.86 bits per heavy atom. The van der Waals surface area contributed by atoms with Crippen LogP contribution in [0.1, 0.15) is 24.5 Å². The average molecular weight is 301 g/mol. The molecule has 2 aromatic carbocycles. The number of carboxylic acids is 1. The Kier molecular flexibility index (Phi) is 4.85. The molecule has 0 aromatic heterocycles. The van der Waals surface area contributed by atoms with Crippen LogP contribution in [-0.4, -0.2) is 21.1 Å². The second kappa shape index (κ2) is 6.82. The fraction of sp³-hybridized carbons (Fsp3) is 0.188. The first-order chi connectivity index (χ1) is 10.5. The second-order valence-electron chi connectivity index (χ2n) is 4.85. The summed E-state index contributed by atoms with van der Waals surface area (Å²) in [4.78, 5) is 21.3. The summed E-state index contributed by atoms with van der Waals surface area (Å²) in [6.45, 7) is 0. The van der Waals surface area contributed by atoms with Crippen molar-refractivity contribution in [2.45, 2.75) is 18.9 Å². The van der Waals surface area contributed by atoms with Crippen molar-refractivity contribution in [1.82, 2.24) is 0 Å². The highest BCUT2D eigenvalue weighted by molar-refractivity contribution is 5.74. The molecule has 0 fully saturated rings. The number of carbonyl (C=O) groups is 1. The lowest BCUT2D eigenvalue weighted by Gasteiger charge is -2.11. The number of aliphatic hydroxyl groups is 1. The van der Waals surface area contributed by atoms with Crippen molar-refractivity contribution in [1.29, 1.82) is 0 Å². The molecule has 0 bridgehead atoms. The van der Waals surface area contributed by atoms with Gasteiger partial charge in [-0.05, 0) is 23.6 Å². The molecule has 0 heterocycles. The monoisotopic (exact) mass is 301 g/mol. The Hall–Kier alpha value is -2.73. The van der Waals surface area contributed by atoms with Crippen LogP contribution in [0.4, 0.5) is 5.69 Å². The van der Waals surface area contributed by atoms with Crippen LogP contribution in [0.3, 0.4) is 0 Å². The van der Waals surface area contributed by atoms with E-state index in [1.165, 1.54) is 6.07 Å². The molecule has 0 aliphatic carbocycles. The zero-order chi connectivity index (χ0) is 16.1. The van der Waals surface area contributed by atoms with E-state index < -0.39 is 17.0 Å². The number of hydrogen-bond acceptors (Lipinski definition) is 4. The topological polar surface area (TPSA) is 101 Å². The molecule has 0 saturated heterocycles. The van der Waals surface area contributed by atoms with E-state index in [2.05, 4.69) is 0 Å². The molecule has 114 valence electrons. The zero-order valence-electron chi connectivity index (χ0n) is 11.7. The Balaban J connectivity index is 2.35. The minimum Gasteiger partial charge on any atom is -0.481 e. The molecule has 6 nitrogen and oxygen atoms in total. The van der Waals surface area contributed by atoms with Crippen molar-refractivity contribution < 1.29 is 19.9 Å². The largest absolute Gasteiger partial charge is 0.481 e. The molecule has 0 spiro atoms. The fourth-order valence-electron chi connectivity index (χ4n) is 2.20. The lowest BCUT2D eigenvalue weighted by atomic mass is 9.98. The maximum Gasteiger partial charge on any atom is 0.303 e. The summed E-state index contributed by atoms with van der Waals surface area (Å²) < 4.78 is 0. The van der Waals surface area contributed by atoms with Crippen LogP contribution >= 0.6 is 0 Å². The number of nitrogens with zero attached hydrogens (tertiary/aromatic N) is 1. The zero-order valence-corrected chi connectivity index (χ0v) is 11.7. The van der Waals surface area contributed by atoms with Crippen molar-refractivity contribution >= 4 is 11.7 Å². The van der Waals surface area contributed by atoms with Crippen LogP contribution < -0.4 is 0 Å². The highest BCUT2D eigenvalue weighted by Crippen LogP contribution is 2.33. The van der Waals surface area contributed by atoms with E-state index in [1.54, 1.807) is 36.4 Å². The van der Waals surface area contributed by atoms with Crippen molar-refractivity contribution in [3.05, 3.63) is 64.2 Å². The van der Waals surface area contributed by atoms with Gasteiger partial charge in [-0.2, -0.15) is 0 Å². The molecule has 0 amide bonds. The Morgan fingerprint density at radius 3 is 2.45 bits per heavy atom. The molecule has 2 rings (SSSR count). The normalized spacial score (nSPS) is 11.9. The molecule has 2 aromatic rings. The van der Waals surface area contributed by atoms with Crippen LogP contribution in [0.15, 0.2) is 48.5 Å². The Labute approximate surface area is 126 Å². The van der Waals surface area contributed by atoms with Gasteiger partial charge in [0.05, 0.1) is 16.6 Å². The SMILES string of the molecule is O=C(O)CCC(O)c1ccc(-c2ccccc2)c([N+](=O)[O-])c1. The third-order valence-electron chi connectivity index (χ3n) is 3.32. The average Bonchev–Trinajstić information content (AvgIpc) is 2.52. The van der Waals surface area contributed by atoms with Crippen LogP contribution in [-0.2, 0) is 4.79 Å². The lowest BCUT2D eigenvalue weighted by molar-refractivity contribution is -0.384. The maximum atomic E-state index is 11.3. The second-order valence-corrected chi connectivity index (χ2v) is 4.85. The van der Waals surface area contributed by atoms with Crippen LogP contribution in [0, 0.1) is 10.1 Å². The number of carboxylic acid groups (broad SMARTS) is 1. The van der Waals surface area contributed by atoms with Gasteiger partial charge in [0.1, 0.15) is 0 Å². The lowest BCUT2D eigenvalue weighted by Crippen LogP contribution is -2.03. The van der Waals surface area contributed by atoms with Gasteiger partial charge in [-0.3, -0.25) is 14.9 Å². The number of hydrogen-bond donors (Lipinski definition) is 2. The molecule has 1 atom stereocenters. The first-order valence-corrected chi connectivity index (χ1v) is 6.72. The molecular formula is C16H15NO5. The number of benzene rings is 2. The van der Waals surface area contributed by atoms with E-state index in [-0.39, 0.29) is 18.5 Å². The van der Waals surface area contributed by atoms with Gasteiger partial charge in [0.2, 0.25) is 0 Å². The van der Waals surface area contributed by atoms with Gasteiger partial charge in [0.25, 0.3) is 5.69 Å². The predicted octanol–water partition coefficient (Wildman–Crippen LogP) is 3.16. The minimum atomic E-state index is -1.04. The third-order valence-corrected chi connectivity index (χ3v) is 3.32. The number of rotatable bonds is 6. The first-order valence-electron chi connectivity index (χ1n) is 6.72. The van der Waals surface area contributed by atoms with E-state index in [0.717, 1.165) is 0 Å². The van der Waals surface area contributed by atoms with Crippen molar-refractivity contribution in [2.24, 2.45) is 0 Å². The van der Waals surface area contributed by atoms with Crippen LogP contribution in [0.5, 0.6) is 0 Å². The smallest absolute Gasteiger partial charge is 0.303 e. The standard InChI is InChI=1S/C16H15NO5/c18-15(8-9-16(19)20)12-6-7-13(14(10-12)17(21)22)11-4-2-1-3-5-11/h1-7,10,15,18H,8-9H2,(H,19,20). The number of nitro groups is 1. The van der Waals surface area contributed by atoms with Gasteiger partial charge in [0, 0.05) is 12.5 Å². The van der Waals surface area contributed by atoms with E-state index in [1.807, 2.05) is 6.07 Å². The van der Waals surface area contributed by atoms with E-state index in [9.17, 15) is 20.0 Å². The molecule has 0 radical (unpaired) electrons. The maximum absolute atomic E-state index is 11.3. The van der Waals surface area contributed by atoms with E-state index in [0.29, 0.717) is 16.7 Å². The quantitative estimate of drug-likeness (QED) is 0.630. The molecule has 0 saturated carbocycles. The third kappa shape index (κ3) is 3.67. The highest BCUT2D eigenvalue weighted by Gasteiger charge is 2.19. The summed E-state index contributed by atoms with van der Waals surface area (Å²) in [5, 5.41) is 29.8. The number of nitro benzene ring substituents is 1. The molecule has 0 aliphatic rings. The summed E-state index contributed by atoms with van der Waals surface area (Å²) >= 11 is 0. The molecule has 1 unspecified atom stereocenters. The minimum absolute atomic E-state index is 0.0111. The Bertz CT molecular complexity index is 684. The molecular weight excluding hydrogens is 286 g/mol. The van der Waals surface area contributed by atoms with Gasteiger partial charge < -0.3 is 10.2 Å². The van der Waals surface area contributed by atoms with Crippen LogP contribution in [0.2, 0.25) is 0 Å². The highest BCUT2D eigenvalue weighted by atomic mass is 16.6. The van der Waals surface area contributed by atoms with E-state index >= 15 is 0 Å². The van der Waals surface area contributed by atoms with Gasteiger partial charge in [-0.15, -0.1) is 0 Å². The van der Waals surface area contributed by atoms with Crippen LogP contribution in [0.25, 0.3) is 11.1 Å². The Morgan fingerprint density at radius 1 is 1.18 bits per heavy atom. The van der Waals surface area contributed by atoms with Crippen molar-refractivity contribution in [3.63, 3.8) is 0 Å². The van der Waals surface area contributed by atoms with Gasteiger partial charge in [0.15, 0.2) is 0 Å². The van der Waals surface area contributed by atoms with Crippen molar-refractivity contribution in [2.75, 3.05) is 0 Å². The summed E-state index contributed by atoms with van der Waals surface area (Å²) in [6, 6.07) is 13.4. The molecule has 2 N–H and O–H groups in total. The van der Waals surface area contributed by atoms with Crippen molar-refractivity contribution in [3.8, 4) is 11.1 Å². The molecule has 22 heavy (non-hydrogen) atoms. The summed E-state index contributed by atoms with van der Waals surface area (Å²) in [5.74, 6) is -1.02. The van der Waals surface area contributed by atoms with Gasteiger partial charge in [-0.25, -0.2) is 0 Å². The summed E-state index contributed by atoms with van der Waals surface area (Å²) in [7, 11) is 0.